The number of likely N-dealkylation sites (tertiary alicyclic amines) is 2. The van der Waals surface area contributed by atoms with Crippen LogP contribution in [-0.4, -0.2) is 75.2 Å². The molecule has 3 rings (SSSR count). The van der Waals surface area contributed by atoms with Crippen molar-refractivity contribution in [3.8, 4) is 5.75 Å². The molecule has 2 aliphatic heterocycles. The van der Waals surface area contributed by atoms with Crippen molar-refractivity contribution in [3.05, 3.63) is 29.8 Å². The van der Waals surface area contributed by atoms with Gasteiger partial charge in [0.05, 0.1) is 32.7 Å². The highest BCUT2D eigenvalue weighted by Gasteiger charge is 2.37. The molecule has 174 valence electrons. The van der Waals surface area contributed by atoms with Gasteiger partial charge in [-0.3, -0.25) is 14.7 Å². The number of guanidine groups is 1. The van der Waals surface area contributed by atoms with Crippen molar-refractivity contribution in [3.63, 3.8) is 0 Å². The molecular formula is C23H37IN4O3. The normalized spacial score (nSPS) is 22.7. The number of hydrogen-bond acceptors (Lipinski definition) is 5. The second kappa shape index (κ2) is 12.5. The van der Waals surface area contributed by atoms with E-state index >= 15 is 0 Å². The zero-order valence-electron chi connectivity index (χ0n) is 19.2. The number of nitrogens with one attached hydrogen (secondary N) is 1. The Morgan fingerprint density at radius 3 is 2.58 bits per heavy atom. The lowest BCUT2D eigenvalue weighted by Gasteiger charge is -2.29. The maximum atomic E-state index is 12.1. The molecule has 8 heteroatoms. The number of ether oxygens (including phenoxy) is 2. The summed E-state index contributed by atoms with van der Waals surface area (Å²) in [5.41, 5.74) is 1.18. The number of benzene rings is 1. The van der Waals surface area contributed by atoms with E-state index in [0.717, 1.165) is 37.9 Å². The van der Waals surface area contributed by atoms with Gasteiger partial charge in [-0.15, -0.1) is 24.0 Å². The molecule has 1 aromatic rings. The summed E-state index contributed by atoms with van der Waals surface area (Å²) < 4.78 is 10.6. The summed E-state index contributed by atoms with van der Waals surface area (Å²) in [5, 5.41) is 3.42. The first kappa shape index (κ1) is 25.7. The van der Waals surface area contributed by atoms with E-state index < -0.39 is 0 Å². The number of aliphatic imine (C=N–C) groups is 1. The van der Waals surface area contributed by atoms with Crippen LogP contribution in [0, 0.1) is 11.8 Å². The van der Waals surface area contributed by atoms with E-state index in [0.29, 0.717) is 13.1 Å². The molecule has 2 fully saturated rings. The molecule has 2 aliphatic rings. The zero-order chi connectivity index (χ0) is 21.5. The van der Waals surface area contributed by atoms with Crippen molar-refractivity contribution in [2.45, 2.75) is 32.7 Å². The van der Waals surface area contributed by atoms with Gasteiger partial charge in [0, 0.05) is 25.2 Å². The quantitative estimate of drug-likeness (QED) is 0.246. The fourth-order valence-corrected chi connectivity index (χ4v) is 4.60. The third-order valence-electron chi connectivity index (χ3n) is 6.24. The molecule has 7 nitrogen and oxygen atoms in total. The van der Waals surface area contributed by atoms with Crippen LogP contribution in [0.4, 0.5) is 0 Å². The first-order chi connectivity index (χ1) is 14.6. The number of methoxy groups -OCH3 is 2. The summed E-state index contributed by atoms with van der Waals surface area (Å²) in [6.07, 6.45) is 2.44. The average Bonchev–Trinajstić information content (AvgIpc) is 3.43. The number of hydrogen-bond donors (Lipinski definition) is 1. The molecule has 0 aromatic heterocycles. The minimum atomic E-state index is -0.134. The summed E-state index contributed by atoms with van der Waals surface area (Å²) >= 11 is 0. The highest BCUT2D eigenvalue weighted by molar-refractivity contribution is 14.0. The summed E-state index contributed by atoms with van der Waals surface area (Å²) in [5.74, 6) is 1.78. The molecular weight excluding hydrogens is 507 g/mol. The van der Waals surface area contributed by atoms with Crippen LogP contribution in [0.2, 0.25) is 0 Å². The molecule has 0 amide bonds. The highest BCUT2D eigenvalue weighted by Crippen LogP contribution is 2.32. The molecule has 2 saturated heterocycles. The van der Waals surface area contributed by atoms with Gasteiger partial charge >= 0.3 is 5.97 Å². The molecule has 0 aliphatic carbocycles. The van der Waals surface area contributed by atoms with Crippen molar-refractivity contribution in [2.75, 3.05) is 53.5 Å². The minimum Gasteiger partial charge on any atom is -0.496 e. The summed E-state index contributed by atoms with van der Waals surface area (Å²) in [6.45, 7) is 9.22. The van der Waals surface area contributed by atoms with E-state index in [9.17, 15) is 4.79 Å². The average molecular weight is 544 g/mol. The monoisotopic (exact) mass is 544 g/mol. The van der Waals surface area contributed by atoms with Crippen LogP contribution in [0.3, 0.4) is 0 Å². The van der Waals surface area contributed by atoms with Crippen molar-refractivity contribution < 1.29 is 14.3 Å². The summed E-state index contributed by atoms with van der Waals surface area (Å²) in [6, 6.07) is 8.42. The van der Waals surface area contributed by atoms with Crippen molar-refractivity contribution >= 4 is 35.9 Å². The first-order valence-corrected chi connectivity index (χ1v) is 11.1. The molecule has 0 bridgehead atoms. The number of rotatable bonds is 7. The lowest BCUT2D eigenvalue weighted by Crippen LogP contribution is -2.41. The number of halogens is 1. The van der Waals surface area contributed by atoms with E-state index in [1.807, 2.05) is 12.1 Å². The van der Waals surface area contributed by atoms with Crippen LogP contribution in [0.5, 0.6) is 5.75 Å². The molecule has 31 heavy (non-hydrogen) atoms. The first-order valence-electron chi connectivity index (χ1n) is 11.1. The fraction of sp³-hybridized carbons (Fsp3) is 0.652. The van der Waals surface area contributed by atoms with Crippen LogP contribution < -0.4 is 10.1 Å². The predicted octanol–water partition coefficient (Wildman–Crippen LogP) is 3.16. The summed E-state index contributed by atoms with van der Waals surface area (Å²) in [4.78, 5) is 21.8. The lowest BCUT2D eigenvalue weighted by atomic mass is 9.99. The van der Waals surface area contributed by atoms with Crippen LogP contribution in [-0.2, 0) is 9.53 Å². The van der Waals surface area contributed by atoms with Gasteiger partial charge in [0.15, 0.2) is 5.96 Å². The van der Waals surface area contributed by atoms with Gasteiger partial charge in [0.25, 0.3) is 0 Å². The Hall–Kier alpha value is -1.55. The number of esters is 1. The fourth-order valence-electron chi connectivity index (χ4n) is 4.60. The molecule has 2 heterocycles. The van der Waals surface area contributed by atoms with Gasteiger partial charge in [0.2, 0.25) is 0 Å². The van der Waals surface area contributed by atoms with Crippen LogP contribution >= 0.6 is 24.0 Å². The minimum absolute atomic E-state index is 0. The van der Waals surface area contributed by atoms with Gasteiger partial charge in [0.1, 0.15) is 5.75 Å². The Morgan fingerprint density at radius 1 is 1.23 bits per heavy atom. The van der Waals surface area contributed by atoms with Crippen molar-refractivity contribution in [1.29, 1.82) is 0 Å². The summed E-state index contributed by atoms with van der Waals surface area (Å²) in [7, 11) is 3.19. The van der Waals surface area contributed by atoms with E-state index in [1.54, 1.807) is 7.11 Å². The Labute approximate surface area is 203 Å². The molecule has 1 aromatic carbocycles. The van der Waals surface area contributed by atoms with Gasteiger partial charge in [-0.25, -0.2) is 0 Å². The molecule has 0 saturated carbocycles. The van der Waals surface area contributed by atoms with Crippen LogP contribution in [0.15, 0.2) is 29.3 Å². The van der Waals surface area contributed by atoms with Crippen LogP contribution in [0.1, 0.15) is 38.3 Å². The van der Waals surface area contributed by atoms with Gasteiger partial charge in [-0.2, -0.15) is 0 Å². The second-order valence-electron chi connectivity index (χ2n) is 8.21. The largest absolute Gasteiger partial charge is 0.496 e. The maximum Gasteiger partial charge on any atom is 0.310 e. The van der Waals surface area contributed by atoms with Crippen molar-refractivity contribution in [2.24, 2.45) is 16.8 Å². The Bertz CT molecular complexity index is 739. The van der Waals surface area contributed by atoms with Crippen LogP contribution in [0.25, 0.3) is 0 Å². The third kappa shape index (κ3) is 6.25. The molecule has 3 atom stereocenters. The van der Waals surface area contributed by atoms with Gasteiger partial charge < -0.3 is 19.7 Å². The predicted molar refractivity (Wildman–Crippen MR) is 134 cm³/mol. The Balaban J connectivity index is 0.00000341. The topological polar surface area (TPSA) is 66.4 Å². The third-order valence-corrected chi connectivity index (χ3v) is 6.24. The SMILES string of the molecule is CCNC(=NCC(c1ccccc1OC)N1CCCC1)N1CC(C)C(C(=O)OC)C1.I. The smallest absolute Gasteiger partial charge is 0.310 e. The van der Waals surface area contributed by atoms with E-state index in [1.165, 1.54) is 25.5 Å². The van der Waals surface area contributed by atoms with Crippen molar-refractivity contribution in [1.82, 2.24) is 15.1 Å². The van der Waals surface area contributed by atoms with Gasteiger partial charge in [-0.05, 0) is 44.8 Å². The maximum absolute atomic E-state index is 12.1. The van der Waals surface area contributed by atoms with E-state index in [4.69, 9.17) is 14.5 Å². The highest BCUT2D eigenvalue weighted by atomic mass is 127. The zero-order valence-corrected chi connectivity index (χ0v) is 21.5. The Morgan fingerprint density at radius 2 is 1.94 bits per heavy atom. The lowest BCUT2D eigenvalue weighted by molar-refractivity contribution is -0.145. The Kier molecular flexibility index (Phi) is 10.3. The van der Waals surface area contributed by atoms with E-state index in [-0.39, 0.29) is 47.8 Å². The number of carbonyl (C=O) groups is 1. The number of carbonyl (C=O) groups excluding carboxylic acids is 1. The van der Waals surface area contributed by atoms with E-state index in [2.05, 4.69) is 41.1 Å². The number of nitrogens with zero attached hydrogens (tertiary/aromatic N) is 3. The standard InChI is InChI=1S/C23H36N4O3.HI/c1-5-24-23(27-15-17(2)19(16-27)22(28)30-4)25-14-20(26-12-8-9-13-26)18-10-6-7-11-21(18)29-3;/h6-7,10-11,17,19-20H,5,8-9,12-16H2,1-4H3,(H,24,25);1H. The molecule has 0 spiro atoms. The second-order valence-corrected chi connectivity index (χ2v) is 8.21. The number of para-hydroxylation sites is 1. The molecule has 1 N–H and O–H groups in total. The molecule has 0 radical (unpaired) electrons. The van der Waals surface area contributed by atoms with Gasteiger partial charge in [-0.1, -0.05) is 25.1 Å². The molecule has 3 unspecified atom stereocenters.